The summed E-state index contributed by atoms with van der Waals surface area (Å²) in [6, 6.07) is 10.5. The Hall–Kier alpha value is -1.88. The van der Waals surface area contributed by atoms with Gasteiger partial charge < -0.3 is 9.80 Å². The number of carbonyl (C=O) groups is 1. The number of carbonyl (C=O) groups excluding carboxylic acids is 1. The number of halogens is 1. The highest BCUT2D eigenvalue weighted by atomic mass is 79.9. The molecule has 1 aliphatic heterocycles. The van der Waals surface area contributed by atoms with E-state index < -0.39 is 0 Å². The molecule has 1 aliphatic rings. The fourth-order valence-corrected chi connectivity index (χ4v) is 3.50. The van der Waals surface area contributed by atoms with Crippen LogP contribution in [0.15, 0.2) is 41.0 Å². The molecule has 132 valence electrons. The van der Waals surface area contributed by atoms with Gasteiger partial charge in [0.1, 0.15) is 5.82 Å². The Labute approximate surface area is 158 Å². The molecule has 0 N–H and O–H groups in total. The molecule has 0 spiro atoms. The van der Waals surface area contributed by atoms with Gasteiger partial charge in [0.05, 0.1) is 0 Å². The third-order valence-electron chi connectivity index (χ3n) is 4.77. The number of amides is 1. The zero-order valence-corrected chi connectivity index (χ0v) is 16.4. The highest BCUT2D eigenvalue weighted by Gasteiger charge is 2.21. The molecule has 5 heteroatoms. The van der Waals surface area contributed by atoms with Crippen molar-refractivity contribution in [3.63, 3.8) is 0 Å². The maximum absolute atomic E-state index is 12.5. The molecular weight excluding hydrogens is 378 g/mol. The van der Waals surface area contributed by atoms with Gasteiger partial charge >= 0.3 is 0 Å². The molecule has 0 aliphatic carbocycles. The molecule has 0 saturated carbocycles. The van der Waals surface area contributed by atoms with Gasteiger partial charge in [-0.05, 0) is 59.5 Å². The Kier molecular flexibility index (Phi) is 5.74. The summed E-state index contributed by atoms with van der Waals surface area (Å²) in [6.45, 7) is 7.43. The predicted octanol–water partition coefficient (Wildman–Crippen LogP) is 3.74. The molecule has 0 bridgehead atoms. The van der Waals surface area contributed by atoms with Gasteiger partial charge in [-0.2, -0.15) is 0 Å². The van der Waals surface area contributed by atoms with Crippen molar-refractivity contribution in [1.29, 1.82) is 0 Å². The van der Waals surface area contributed by atoms with E-state index in [2.05, 4.69) is 57.9 Å². The number of hydrogen-bond acceptors (Lipinski definition) is 3. The first-order valence-electron chi connectivity index (χ1n) is 8.73. The van der Waals surface area contributed by atoms with Crippen LogP contribution in [-0.4, -0.2) is 42.0 Å². The number of aromatic nitrogens is 1. The van der Waals surface area contributed by atoms with Crippen molar-refractivity contribution in [2.75, 3.05) is 31.1 Å². The van der Waals surface area contributed by atoms with Gasteiger partial charge in [-0.3, -0.25) is 4.79 Å². The summed E-state index contributed by atoms with van der Waals surface area (Å²) >= 11 is 3.41. The van der Waals surface area contributed by atoms with Gasteiger partial charge in [0, 0.05) is 43.3 Å². The van der Waals surface area contributed by atoms with Crippen LogP contribution in [0.1, 0.15) is 23.1 Å². The smallest absolute Gasteiger partial charge is 0.223 e. The van der Waals surface area contributed by atoms with E-state index in [1.807, 2.05) is 23.2 Å². The molecule has 1 saturated heterocycles. The number of anilines is 1. The normalized spacial score (nSPS) is 14.7. The Morgan fingerprint density at radius 2 is 1.88 bits per heavy atom. The van der Waals surface area contributed by atoms with Crippen LogP contribution in [-0.2, 0) is 11.2 Å². The van der Waals surface area contributed by atoms with Gasteiger partial charge in [0.25, 0.3) is 0 Å². The van der Waals surface area contributed by atoms with Crippen molar-refractivity contribution in [3.8, 4) is 0 Å². The molecule has 2 heterocycles. The molecule has 1 aromatic heterocycles. The number of nitrogens with zero attached hydrogens (tertiary/aromatic N) is 3. The lowest BCUT2D eigenvalue weighted by molar-refractivity contribution is -0.131. The summed E-state index contributed by atoms with van der Waals surface area (Å²) in [5, 5.41) is 0. The predicted molar refractivity (Wildman–Crippen MR) is 105 cm³/mol. The third kappa shape index (κ3) is 4.60. The minimum atomic E-state index is 0.253. The van der Waals surface area contributed by atoms with Crippen LogP contribution < -0.4 is 4.90 Å². The van der Waals surface area contributed by atoms with E-state index in [-0.39, 0.29) is 5.91 Å². The van der Waals surface area contributed by atoms with Gasteiger partial charge in [0.2, 0.25) is 5.91 Å². The number of benzene rings is 1. The third-order valence-corrected chi connectivity index (χ3v) is 5.24. The Morgan fingerprint density at radius 3 is 2.52 bits per heavy atom. The van der Waals surface area contributed by atoms with E-state index in [1.165, 1.54) is 16.7 Å². The first-order chi connectivity index (χ1) is 12.0. The van der Waals surface area contributed by atoms with Crippen LogP contribution in [0.3, 0.4) is 0 Å². The Balaban J connectivity index is 1.50. The molecule has 1 aromatic carbocycles. The molecule has 1 fully saturated rings. The second kappa shape index (κ2) is 8.00. The molecule has 4 nitrogen and oxygen atoms in total. The topological polar surface area (TPSA) is 36.4 Å². The lowest BCUT2D eigenvalue weighted by Crippen LogP contribution is -2.49. The molecule has 1 amide bonds. The summed E-state index contributed by atoms with van der Waals surface area (Å²) in [7, 11) is 0. The summed E-state index contributed by atoms with van der Waals surface area (Å²) in [6.07, 6.45) is 3.22. The monoisotopic (exact) mass is 401 g/mol. The first-order valence-corrected chi connectivity index (χ1v) is 9.52. The minimum absolute atomic E-state index is 0.253. The lowest BCUT2D eigenvalue weighted by Gasteiger charge is -2.35. The van der Waals surface area contributed by atoms with Crippen LogP contribution in [0.2, 0.25) is 0 Å². The number of pyridine rings is 1. The van der Waals surface area contributed by atoms with Crippen LogP contribution in [0.5, 0.6) is 0 Å². The number of rotatable bonds is 4. The van der Waals surface area contributed by atoms with Crippen molar-refractivity contribution >= 4 is 27.7 Å². The summed E-state index contributed by atoms with van der Waals surface area (Å²) in [4.78, 5) is 21.2. The van der Waals surface area contributed by atoms with Gasteiger partial charge in [-0.1, -0.05) is 23.8 Å². The average molecular weight is 402 g/mol. The lowest BCUT2D eigenvalue weighted by atomic mass is 10.0. The van der Waals surface area contributed by atoms with Crippen LogP contribution in [0.4, 0.5) is 5.82 Å². The van der Waals surface area contributed by atoms with Crippen LogP contribution in [0, 0.1) is 13.8 Å². The van der Waals surface area contributed by atoms with E-state index >= 15 is 0 Å². The molecular formula is C20H24BrN3O. The molecule has 2 aromatic rings. The second-order valence-electron chi connectivity index (χ2n) is 6.63. The van der Waals surface area contributed by atoms with E-state index in [0.717, 1.165) is 42.9 Å². The van der Waals surface area contributed by atoms with Crippen LogP contribution in [0.25, 0.3) is 0 Å². The summed E-state index contributed by atoms with van der Waals surface area (Å²) in [5.74, 6) is 1.23. The average Bonchev–Trinajstić information content (AvgIpc) is 2.61. The van der Waals surface area contributed by atoms with E-state index in [4.69, 9.17) is 0 Å². The number of hydrogen-bond donors (Lipinski definition) is 0. The highest BCUT2D eigenvalue weighted by molar-refractivity contribution is 9.10. The highest BCUT2D eigenvalue weighted by Crippen LogP contribution is 2.18. The quantitative estimate of drug-likeness (QED) is 0.782. The molecule has 0 atom stereocenters. The summed E-state index contributed by atoms with van der Waals surface area (Å²) < 4.78 is 0.983. The largest absolute Gasteiger partial charge is 0.353 e. The molecule has 0 unspecified atom stereocenters. The van der Waals surface area contributed by atoms with Crippen molar-refractivity contribution in [2.24, 2.45) is 0 Å². The maximum atomic E-state index is 12.5. The maximum Gasteiger partial charge on any atom is 0.223 e. The van der Waals surface area contributed by atoms with Gasteiger partial charge in [-0.15, -0.1) is 0 Å². The fraction of sp³-hybridized carbons (Fsp3) is 0.400. The zero-order valence-electron chi connectivity index (χ0n) is 14.8. The minimum Gasteiger partial charge on any atom is -0.353 e. The Bertz CT molecular complexity index is 737. The van der Waals surface area contributed by atoms with Crippen molar-refractivity contribution < 1.29 is 4.79 Å². The SMILES string of the molecule is Cc1ccc(CCC(=O)N2CCN(c3ccc(Br)cn3)CC2)c(C)c1. The fourth-order valence-electron chi connectivity index (χ4n) is 3.27. The standard InChI is InChI=1S/C20H24BrN3O/c1-15-3-4-17(16(2)13-15)5-8-20(25)24-11-9-23(10-12-24)19-7-6-18(21)14-22-19/h3-4,6-7,13-14H,5,8-12H2,1-2H3. The van der Waals surface area contributed by atoms with E-state index in [1.54, 1.807) is 0 Å². The Morgan fingerprint density at radius 1 is 1.12 bits per heavy atom. The molecule has 3 rings (SSSR count). The van der Waals surface area contributed by atoms with Gasteiger partial charge in [-0.25, -0.2) is 4.98 Å². The second-order valence-corrected chi connectivity index (χ2v) is 7.55. The zero-order chi connectivity index (χ0) is 17.8. The summed E-state index contributed by atoms with van der Waals surface area (Å²) in [5.41, 5.74) is 3.82. The molecule has 25 heavy (non-hydrogen) atoms. The molecule has 0 radical (unpaired) electrons. The van der Waals surface area contributed by atoms with E-state index in [0.29, 0.717) is 6.42 Å². The van der Waals surface area contributed by atoms with Crippen molar-refractivity contribution in [1.82, 2.24) is 9.88 Å². The van der Waals surface area contributed by atoms with Crippen molar-refractivity contribution in [3.05, 3.63) is 57.7 Å². The van der Waals surface area contributed by atoms with Crippen LogP contribution >= 0.6 is 15.9 Å². The first kappa shape index (κ1) is 17.9. The van der Waals surface area contributed by atoms with E-state index in [9.17, 15) is 4.79 Å². The number of aryl methyl sites for hydroxylation is 3. The van der Waals surface area contributed by atoms with Gasteiger partial charge in [0.15, 0.2) is 0 Å². The van der Waals surface area contributed by atoms with Crippen molar-refractivity contribution in [2.45, 2.75) is 26.7 Å². The number of piperazine rings is 1.